The maximum absolute atomic E-state index is 13.4. The summed E-state index contributed by atoms with van der Waals surface area (Å²) in [5, 5.41) is 6.43. The summed E-state index contributed by atoms with van der Waals surface area (Å²) in [5.41, 5.74) is 2.70. The monoisotopic (exact) mass is 393 g/mol. The van der Waals surface area contributed by atoms with Crippen LogP contribution in [0, 0.1) is 11.6 Å². The van der Waals surface area contributed by atoms with Gasteiger partial charge in [-0.25, -0.2) is 8.78 Å². The lowest BCUT2D eigenvalue weighted by Crippen LogP contribution is -2.48. The Morgan fingerprint density at radius 1 is 1.03 bits per heavy atom. The Morgan fingerprint density at radius 3 is 2.59 bits per heavy atom. The molecule has 4 rings (SSSR count). The van der Waals surface area contributed by atoms with Crippen molar-refractivity contribution < 1.29 is 13.6 Å². The molecule has 0 radical (unpaired) electrons. The fourth-order valence-electron chi connectivity index (χ4n) is 3.69. The molecule has 2 unspecified atom stereocenters. The quantitative estimate of drug-likeness (QED) is 0.707. The molecule has 0 bridgehead atoms. The van der Waals surface area contributed by atoms with E-state index in [-0.39, 0.29) is 29.5 Å². The Balaban J connectivity index is 1.48. The van der Waals surface area contributed by atoms with Crippen LogP contribution in [0.3, 0.4) is 0 Å². The largest absolute Gasteiger partial charge is 0.349 e. The molecular formula is C23H21F2N3O. The van der Waals surface area contributed by atoms with Gasteiger partial charge in [0.15, 0.2) is 0 Å². The van der Waals surface area contributed by atoms with Crippen LogP contribution in [-0.2, 0) is 0 Å². The second kappa shape index (κ2) is 8.49. The number of aromatic nitrogens is 1. The van der Waals surface area contributed by atoms with Crippen molar-refractivity contribution in [3.8, 4) is 11.3 Å². The number of nitrogens with one attached hydrogen (secondary N) is 2. The Labute approximate surface area is 168 Å². The van der Waals surface area contributed by atoms with Crippen molar-refractivity contribution >= 4 is 5.91 Å². The number of hydrogen-bond acceptors (Lipinski definition) is 3. The van der Waals surface area contributed by atoms with E-state index < -0.39 is 0 Å². The summed E-state index contributed by atoms with van der Waals surface area (Å²) in [6.45, 7) is 1.52. The number of piperidine rings is 1. The van der Waals surface area contributed by atoms with Crippen LogP contribution in [0.5, 0.6) is 0 Å². The van der Waals surface area contributed by atoms with Crippen molar-refractivity contribution in [2.75, 3.05) is 13.1 Å². The molecule has 2 atom stereocenters. The van der Waals surface area contributed by atoms with Crippen LogP contribution in [0.2, 0.25) is 0 Å². The molecule has 1 aliphatic heterocycles. The number of rotatable bonds is 4. The third-order valence-electron chi connectivity index (χ3n) is 5.24. The summed E-state index contributed by atoms with van der Waals surface area (Å²) in [6.07, 6.45) is 2.28. The number of benzene rings is 2. The summed E-state index contributed by atoms with van der Waals surface area (Å²) in [5.74, 6) is -0.749. The Kier molecular flexibility index (Phi) is 5.62. The molecule has 2 N–H and O–H groups in total. The number of carbonyl (C=O) groups is 1. The standard InChI is InChI=1S/C23H21F2N3O/c24-18-7-4-15(5-8-18)20-14-26-11-10-22(20)28-23(29)17-6-9-21(27-13-17)16-2-1-3-19(25)12-16/h1-9,12-13,20,22,26H,10-11,14H2,(H,28,29). The topological polar surface area (TPSA) is 54.0 Å². The average Bonchev–Trinajstić information content (AvgIpc) is 2.75. The summed E-state index contributed by atoms with van der Waals surface area (Å²) >= 11 is 0. The van der Waals surface area contributed by atoms with Crippen molar-refractivity contribution in [1.29, 1.82) is 0 Å². The van der Waals surface area contributed by atoms with E-state index in [0.717, 1.165) is 18.5 Å². The van der Waals surface area contributed by atoms with Gasteiger partial charge in [-0.15, -0.1) is 0 Å². The molecule has 1 aromatic heterocycles. The fraction of sp³-hybridized carbons (Fsp3) is 0.217. The van der Waals surface area contributed by atoms with E-state index >= 15 is 0 Å². The van der Waals surface area contributed by atoms with E-state index in [1.165, 1.54) is 30.5 Å². The molecule has 148 valence electrons. The van der Waals surface area contributed by atoms with Gasteiger partial charge in [-0.1, -0.05) is 24.3 Å². The number of carbonyl (C=O) groups excluding carboxylic acids is 1. The number of nitrogens with zero attached hydrogens (tertiary/aromatic N) is 1. The summed E-state index contributed by atoms with van der Waals surface area (Å²) < 4.78 is 26.6. The number of hydrogen-bond donors (Lipinski definition) is 2. The molecule has 1 amide bonds. The van der Waals surface area contributed by atoms with E-state index in [2.05, 4.69) is 15.6 Å². The third-order valence-corrected chi connectivity index (χ3v) is 5.24. The summed E-state index contributed by atoms with van der Waals surface area (Å²) in [6, 6.07) is 15.9. The van der Waals surface area contributed by atoms with Crippen LogP contribution >= 0.6 is 0 Å². The zero-order chi connectivity index (χ0) is 20.2. The van der Waals surface area contributed by atoms with Crippen LogP contribution in [0.1, 0.15) is 28.3 Å². The lowest BCUT2D eigenvalue weighted by molar-refractivity contribution is 0.0923. The molecule has 0 saturated carbocycles. The molecule has 0 aliphatic carbocycles. The van der Waals surface area contributed by atoms with Gasteiger partial charge in [0, 0.05) is 30.3 Å². The maximum atomic E-state index is 13.4. The summed E-state index contributed by atoms with van der Waals surface area (Å²) in [7, 11) is 0. The van der Waals surface area contributed by atoms with Crippen molar-refractivity contribution in [3.05, 3.63) is 89.6 Å². The van der Waals surface area contributed by atoms with E-state index in [1.54, 1.807) is 36.4 Å². The van der Waals surface area contributed by atoms with Crippen LogP contribution in [-0.4, -0.2) is 30.0 Å². The molecular weight excluding hydrogens is 372 g/mol. The van der Waals surface area contributed by atoms with Gasteiger partial charge in [-0.05, 0) is 54.9 Å². The second-order valence-electron chi connectivity index (χ2n) is 7.17. The van der Waals surface area contributed by atoms with Crippen LogP contribution in [0.4, 0.5) is 8.78 Å². The molecule has 1 aliphatic rings. The lowest BCUT2D eigenvalue weighted by Gasteiger charge is -2.33. The maximum Gasteiger partial charge on any atom is 0.253 e. The minimum absolute atomic E-state index is 0.0582. The van der Waals surface area contributed by atoms with Crippen LogP contribution < -0.4 is 10.6 Å². The van der Waals surface area contributed by atoms with E-state index in [1.807, 2.05) is 0 Å². The molecule has 1 saturated heterocycles. The highest BCUT2D eigenvalue weighted by molar-refractivity contribution is 5.94. The van der Waals surface area contributed by atoms with Gasteiger partial charge in [0.25, 0.3) is 5.91 Å². The zero-order valence-corrected chi connectivity index (χ0v) is 15.7. The van der Waals surface area contributed by atoms with Gasteiger partial charge in [-0.2, -0.15) is 0 Å². The molecule has 29 heavy (non-hydrogen) atoms. The first kappa shape index (κ1) is 19.2. The Hall–Kier alpha value is -3.12. The average molecular weight is 393 g/mol. The Bertz CT molecular complexity index is 990. The predicted octanol–water partition coefficient (Wildman–Crippen LogP) is 3.90. The number of pyridine rings is 1. The van der Waals surface area contributed by atoms with Gasteiger partial charge >= 0.3 is 0 Å². The van der Waals surface area contributed by atoms with Crippen molar-refractivity contribution in [2.45, 2.75) is 18.4 Å². The summed E-state index contributed by atoms with van der Waals surface area (Å²) in [4.78, 5) is 17.1. The lowest BCUT2D eigenvalue weighted by atomic mass is 9.86. The number of amides is 1. The van der Waals surface area contributed by atoms with E-state index in [9.17, 15) is 13.6 Å². The van der Waals surface area contributed by atoms with Crippen molar-refractivity contribution in [3.63, 3.8) is 0 Å². The predicted molar refractivity (Wildman–Crippen MR) is 108 cm³/mol. The first-order chi connectivity index (χ1) is 14.1. The minimum atomic E-state index is -0.330. The first-order valence-corrected chi connectivity index (χ1v) is 9.59. The smallest absolute Gasteiger partial charge is 0.253 e. The zero-order valence-electron chi connectivity index (χ0n) is 15.7. The van der Waals surface area contributed by atoms with Crippen molar-refractivity contribution in [2.24, 2.45) is 0 Å². The SMILES string of the molecule is O=C(NC1CCNCC1c1ccc(F)cc1)c1ccc(-c2cccc(F)c2)nc1. The molecule has 4 nitrogen and oxygen atoms in total. The molecule has 2 heterocycles. The normalized spacial score (nSPS) is 19.0. The highest BCUT2D eigenvalue weighted by Crippen LogP contribution is 2.25. The van der Waals surface area contributed by atoms with Gasteiger partial charge in [0.2, 0.25) is 0 Å². The molecule has 6 heteroatoms. The van der Waals surface area contributed by atoms with Crippen molar-refractivity contribution in [1.82, 2.24) is 15.6 Å². The van der Waals surface area contributed by atoms with Gasteiger partial charge in [0.05, 0.1) is 11.3 Å². The molecule has 3 aromatic rings. The Morgan fingerprint density at radius 2 is 1.86 bits per heavy atom. The van der Waals surface area contributed by atoms with E-state index in [4.69, 9.17) is 0 Å². The molecule has 2 aromatic carbocycles. The highest BCUT2D eigenvalue weighted by Gasteiger charge is 2.28. The minimum Gasteiger partial charge on any atom is -0.349 e. The van der Waals surface area contributed by atoms with Gasteiger partial charge < -0.3 is 10.6 Å². The molecule has 0 spiro atoms. The fourth-order valence-corrected chi connectivity index (χ4v) is 3.69. The van der Waals surface area contributed by atoms with E-state index in [0.29, 0.717) is 23.4 Å². The molecule has 1 fully saturated rings. The van der Waals surface area contributed by atoms with Gasteiger partial charge in [-0.3, -0.25) is 9.78 Å². The van der Waals surface area contributed by atoms with Crippen LogP contribution in [0.25, 0.3) is 11.3 Å². The second-order valence-corrected chi connectivity index (χ2v) is 7.17. The first-order valence-electron chi connectivity index (χ1n) is 9.59. The number of halogens is 2. The highest BCUT2D eigenvalue weighted by atomic mass is 19.1. The van der Waals surface area contributed by atoms with Gasteiger partial charge in [0.1, 0.15) is 11.6 Å². The van der Waals surface area contributed by atoms with Crippen LogP contribution in [0.15, 0.2) is 66.9 Å². The third kappa shape index (κ3) is 4.49.